The fraction of sp³-hybridized carbons (Fsp3) is 0.514. The van der Waals surface area contributed by atoms with Crippen molar-refractivity contribution in [2.24, 2.45) is 0 Å². The second-order valence-corrected chi connectivity index (χ2v) is 13.2. The van der Waals surface area contributed by atoms with Crippen molar-refractivity contribution in [2.45, 2.75) is 71.9 Å². The number of benzene rings is 2. The van der Waals surface area contributed by atoms with Gasteiger partial charge in [-0.2, -0.15) is 0 Å². The molecule has 2 aliphatic heterocycles. The summed E-state index contributed by atoms with van der Waals surface area (Å²) in [6, 6.07) is 23.2. The van der Waals surface area contributed by atoms with E-state index >= 15 is 0 Å². The van der Waals surface area contributed by atoms with E-state index in [4.69, 9.17) is 9.05 Å². The molecule has 8 nitrogen and oxygen atoms in total. The molecular formula is C37H50N6O2. The number of nitrogens with zero attached hydrogens (tertiary/aromatic N) is 6. The van der Waals surface area contributed by atoms with E-state index in [1.54, 1.807) is 0 Å². The molecule has 45 heavy (non-hydrogen) atoms. The van der Waals surface area contributed by atoms with Gasteiger partial charge in [-0.1, -0.05) is 45.7 Å². The van der Waals surface area contributed by atoms with Gasteiger partial charge in [0.1, 0.15) is 11.5 Å². The second kappa shape index (κ2) is 14.6. The number of hydrogen-bond acceptors (Lipinski definition) is 8. The Hall–Kier alpha value is -3.62. The van der Waals surface area contributed by atoms with E-state index in [0.717, 1.165) is 107 Å². The number of piperazine rings is 2. The van der Waals surface area contributed by atoms with Crippen LogP contribution < -0.4 is 9.80 Å². The zero-order chi connectivity index (χ0) is 31.2. The highest BCUT2D eigenvalue weighted by atomic mass is 16.5. The molecule has 0 radical (unpaired) electrons. The van der Waals surface area contributed by atoms with Crippen LogP contribution in [-0.2, 0) is 12.8 Å². The fourth-order valence-corrected chi connectivity index (χ4v) is 7.12. The monoisotopic (exact) mass is 610 g/mol. The Morgan fingerprint density at radius 1 is 0.622 bits per heavy atom. The molecule has 2 unspecified atom stereocenters. The van der Waals surface area contributed by atoms with Gasteiger partial charge >= 0.3 is 0 Å². The van der Waals surface area contributed by atoms with Gasteiger partial charge in [-0.05, 0) is 97.2 Å². The predicted molar refractivity (Wildman–Crippen MR) is 181 cm³/mol. The fourth-order valence-electron chi connectivity index (χ4n) is 7.12. The Labute approximate surface area is 268 Å². The first-order valence-corrected chi connectivity index (χ1v) is 16.9. The third-order valence-electron chi connectivity index (χ3n) is 9.63. The van der Waals surface area contributed by atoms with E-state index < -0.39 is 0 Å². The highest BCUT2D eigenvalue weighted by Crippen LogP contribution is 2.29. The second-order valence-electron chi connectivity index (χ2n) is 13.2. The minimum atomic E-state index is 0.391. The first-order valence-electron chi connectivity index (χ1n) is 16.9. The Bertz CT molecular complexity index is 1480. The van der Waals surface area contributed by atoms with E-state index in [2.05, 4.69) is 104 Å². The van der Waals surface area contributed by atoms with Gasteiger partial charge in [-0.25, -0.2) is 0 Å². The zero-order valence-corrected chi connectivity index (χ0v) is 27.6. The average Bonchev–Trinajstić information content (AvgIpc) is 3.67. The molecule has 0 amide bonds. The van der Waals surface area contributed by atoms with E-state index in [1.165, 1.54) is 22.5 Å². The van der Waals surface area contributed by atoms with Crippen LogP contribution in [0.2, 0.25) is 0 Å². The SMILES string of the molecule is Cc1ccc(N2CCN(CCCCc3cc(C)on3)C(C3CN(CCCc4cc(C)on4)CCN3c3ccc(C)cc3)C2)cc1. The lowest BCUT2D eigenvalue weighted by Crippen LogP contribution is -2.67. The molecule has 8 heteroatoms. The van der Waals surface area contributed by atoms with Crippen LogP contribution in [-0.4, -0.2) is 84.6 Å². The molecule has 0 saturated carbocycles. The lowest BCUT2D eigenvalue weighted by molar-refractivity contribution is 0.109. The summed E-state index contributed by atoms with van der Waals surface area (Å²) in [7, 11) is 0. The number of aromatic nitrogens is 2. The summed E-state index contributed by atoms with van der Waals surface area (Å²) in [6.07, 6.45) is 5.31. The number of rotatable bonds is 12. The average molecular weight is 611 g/mol. The maximum Gasteiger partial charge on any atom is 0.133 e. The molecule has 2 fully saturated rings. The van der Waals surface area contributed by atoms with Gasteiger partial charge in [0.2, 0.25) is 0 Å². The van der Waals surface area contributed by atoms with Gasteiger partial charge in [-0.3, -0.25) is 9.80 Å². The number of anilines is 2. The predicted octanol–water partition coefficient (Wildman–Crippen LogP) is 6.23. The smallest absolute Gasteiger partial charge is 0.133 e. The summed E-state index contributed by atoms with van der Waals surface area (Å²) in [5.74, 6) is 1.79. The van der Waals surface area contributed by atoms with Crippen molar-refractivity contribution >= 4 is 11.4 Å². The third kappa shape index (κ3) is 8.16. The summed E-state index contributed by atoms with van der Waals surface area (Å²) in [5.41, 5.74) is 7.44. The molecule has 2 aromatic carbocycles. The normalized spacial score (nSPS) is 19.8. The largest absolute Gasteiger partial charge is 0.369 e. The molecule has 2 atom stereocenters. The molecule has 240 valence electrons. The minimum Gasteiger partial charge on any atom is -0.369 e. The molecule has 4 aromatic rings. The van der Waals surface area contributed by atoms with Crippen LogP contribution >= 0.6 is 0 Å². The van der Waals surface area contributed by atoms with Crippen LogP contribution in [0.1, 0.15) is 53.3 Å². The van der Waals surface area contributed by atoms with Crippen molar-refractivity contribution in [3.05, 3.63) is 94.7 Å². The van der Waals surface area contributed by atoms with Crippen LogP contribution in [0, 0.1) is 27.7 Å². The van der Waals surface area contributed by atoms with Gasteiger partial charge in [0.05, 0.1) is 17.4 Å². The molecule has 2 aliphatic rings. The van der Waals surface area contributed by atoms with Crippen LogP contribution in [0.3, 0.4) is 0 Å². The highest BCUT2D eigenvalue weighted by molar-refractivity contribution is 5.51. The van der Waals surface area contributed by atoms with Crippen LogP contribution in [0.4, 0.5) is 11.4 Å². The first-order chi connectivity index (χ1) is 21.9. The van der Waals surface area contributed by atoms with Crippen molar-refractivity contribution < 1.29 is 9.05 Å². The Morgan fingerprint density at radius 3 is 1.87 bits per heavy atom. The van der Waals surface area contributed by atoms with Gasteiger partial charge in [0.15, 0.2) is 0 Å². The molecule has 0 spiro atoms. The van der Waals surface area contributed by atoms with Gasteiger partial charge in [0, 0.05) is 68.8 Å². The molecule has 4 heterocycles. The number of unbranched alkanes of at least 4 members (excludes halogenated alkanes) is 1. The van der Waals surface area contributed by atoms with E-state index in [0.29, 0.717) is 12.1 Å². The van der Waals surface area contributed by atoms with Crippen LogP contribution in [0.5, 0.6) is 0 Å². The summed E-state index contributed by atoms with van der Waals surface area (Å²) in [6.45, 7) is 16.8. The summed E-state index contributed by atoms with van der Waals surface area (Å²) in [4.78, 5) is 10.8. The molecule has 2 aromatic heterocycles. The van der Waals surface area contributed by atoms with E-state index in [-0.39, 0.29) is 0 Å². The summed E-state index contributed by atoms with van der Waals surface area (Å²) >= 11 is 0. The number of aryl methyl sites for hydroxylation is 6. The van der Waals surface area contributed by atoms with E-state index in [1.807, 2.05) is 13.8 Å². The zero-order valence-electron chi connectivity index (χ0n) is 27.6. The van der Waals surface area contributed by atoms with Crippen LogP contribution in [0.15, 0.2) is 69.7 Å². The van der Waals surface area contributed by atoms with Crippen molar-refractivity contribution in [2.75, 3.05) is 62.2 Å². The lowest BCUT2D eigenvalue weighted by atomic mass is 9.96. The van der Waals surface area contributed by atoms with Crippen molar-refractivity contribution in [1.82, 2.24) is 20.1 Å². The summed E-state index contributed by atoms with van der Waals surface area (Å²) in [5, 5.41) is 8.46. The lowest BCUT2D eigenvalue weighted by Gasteiger charge is -2.52. The minimum absolute atomic E-state index is 0.391. The van der Waals surface area contributed by atoms with Crippen LogP contribution in [0.25, 0.3) is 0 Å². The Morgan fingerprint density at radius 2 is 1.24 bits per heavy atom. The highest BCUT2D eigenvalue weighted by Gasteiger charge is 2.39. The van der Waals surface area contributed by atoms with Gasteiger partial charge in [-0.15, -0.1) is 0 Å². The van der Waals surface area contributed by atoms with Crippen molar-refractivity contribution in [1.29, 1.82) is 0 Å². The van der Waals surface area contributed by atoms with Gasteiger partial charge < -0.3 is 18.8 Å². The van der Waals surface area contributed by atoms with Crippen molar-refractivity contribution in [3.63, 3.8) is 0 Å². The molecule has 2 saturated heterocycles. The Kier molecular flexibility index (Phi) is 10.2. The molecule has 0 aliphatic carbocycles. The Balaban J connectivity index is 1.20. The first kappa shape index (κ1) is 31.4. The third-order valence-corrected chi connectivity index (χ3v) is 9.63. The topological polar surface area (TPSA) is 65.0 Å². The number of hydrogen-bond donors (Lipinski definition) is 0. The standard InChI is InChI=1S/C37H50N6O2/c1-28-10-14-34(15-11-28)42-22-21-41(19-6-5-8-32-24-30(3)44-38-32)36(27-42)37-26-40(18-7-9-33-25-31(4)45-39-33)20-23-43(37)35-16-12-29(2)13-17-35/h10-17,24-25,36-37H,5-9,18-23,26-27H2,1-4H3. The maximum absolute atomic E-state index is 5.32. The van der Waals surface area contributed by atoms with E-state index in [9.17, 15) is 0 Å². The molecule has 0 N–H and O–H groups in total. The molecule has 0 bridgehead atoms. The van der Waals surface area contributed by atoms with Gasteiger partial charge in [0.25, 0.3) is 0 Å². The summed E-state index contributed by atoms with van der Waals surface area (Å²) < 4.78 is 10.6. The quantitative estimate of drug-likeness (QED) is 0.175. The molecule has 6 rings (SSSR count). The van der Waals surface area contributed by atoms with Crippen molar-refractivity contribution in [3.8, 4) is 0 Å². The maximum atomic E-state index is 5.32. The molecular weight excluding hydrogens is 560 g/mol.